The molecule has 2 aromatic carbocycles. The summed E-state index contributed by atoms with van der Waals surface area (Å²) in [6, 6.07) is 17.6. The Morgan fingerprint density at radius 3 is 2.30 bits per heavy atom. The molecule has 2 heteroatoms. The molecule has 0 bridgehead atoms. The van der Waals surface area contributed by atoms with Crippen LogP contribution in [0.1, 0.15) is 42.3 Å². The third-order valence-corrected chi connectivity index (χ3v) is 4.48. The molecule has 2 nitrogen and oxygen atoms in total. The van der Waals surface area contributed by atoms with Gasteiger partial charge >= 0.3 is 0 Å². The number of Topliss-reactive ketones (excluding diaryl/α,β-unsaturated/α-hetero) is 1. The standard InChI is InChI=1S/C21H21NO/c1-14-9-8-12-17(13-14)19-18(15(2)21(3,4)22-19)20(23)16-10-6-5-7-11-16/h5-13H,1-4H3. The van der Waals surface area contributed by atoms with Crippen molar-refractivity contribution in [3.05, 3.63) is 82.4 Å². The van der Waals surface area contributed by atoms with Crippen molar-refractivity contribution in [2.45, 2.75) is 33.2 Å². The van der Waals surface area contributed by atoms with Crippen LogP contribution in [-0.2, 0) is 0 Å². The molecule has 23 heavy (non-hydrogen) atoms. The van der Waals surface area contributed by atoms with Crippen LogP contribution < -0.4 is 0 Å². The third-order valence-electron chi connectivity index (χ3n) is 4.48. The Labute approximate surface area is 137 Å². The maximum Gasteiger partial charge on any atom is 0.195 e. The monoisotopic (exact) mass is 303 g/mol. The van der Waals surface area contributed by atoms with Crippen LogP contribution in [0.2, 0.25) is 0 Å². The van der Waals surface area contributed by atoms with Crippen molar-refractivity contribution in [3.63, 3.8) is 0 Å². The molecular formula is C21H21NO. The van der Waals surface area contributed by atoms with Crippen LogP contribution >= 0.6 is 0 Å². The van der Waals surface area contributed by atoms with Gasteiger partial charge in [0.15, 0.2) is 5.78 Å². The predicted molar refractivity (Wildman–Crippen MR) is 95.3 cm³/mol. The minimum atomic E-state index is -0.348. The van der Waals surface area contributed by atoms with Crippen molar-refractivity contribution < 1.29 is 4.79 Å². The van der Waals surface area contributed by atoms with Crippen LogP contribution in [0, 0.1) is 6.92 Å². The molecule has 116 valence electrons. The molecule has 2 aromatic rings. The molecule has 0 saturated heterocycles. The summed E-state index contributed by atoms with van der Waals surface area (Å²) in [4.78, 5) is 17.9. The van der Waals surface area contributed by atoms with E-state index in [2.05, 4.69) is 32.9 Å². The van der Waals surface area contributed by atoms with Gasteiger partial charge in [-0.1, -0.05) is 54.1 Å². The lowest BCUT2D eigenvalue weighted by atomic mass is 9.88. The number of aryl methyl sites for hydroxylation is 1. The molecule has 0 spiro atoms. The molecule has 0 radical (unpaired) electrons. The quantitative estimate of drug-likeness (QED) is 0.751. The summed E-state index contributed by atoms with van der Waals surface area (Å²) in [5.74, 6) is 0.0499. The highest BCUT2D eigenvalue weighted by Gasteiger charge is 2.35. The van der Waals surface area contributed by atoms with Gasteiger partial charge in [0, 0.05) is 16.7 Å². The number of benzene rings is 2. The normalized spacial score (nSPS) is 16.4. The second-order valence-corrected chi connectivity index (χ2v) is 6.58. The van der Waals surface area contributed by atoms with E-state index in [0.29, 0.717) is 5.56 Å². The Balaban J connectivity index is 2.14. The molecule has 0 atom stereocenters. The van der Waals surface area contributed by atoms with Crippen molar-refractivity contribution in [3.8, 4) is 0 Å². The van der Waals surface area contributed by atoms with E-state index in [1.165, 1.54) is 5.56 Å². The van der Waals surface area contributed by atoms with Crippen LogP contribution in [0.4, 0.5) is 0 Å². The van der Waals surface area contributed by atoms with Crippen molar-refractivity contribution in [1.82, 2.24) is 0 Å². The average molecular weight is 303 g/mol. The zero-order valence-electron chi connectivity index (χ0n) is 14.1. The Kier molecular flexibility index (Phi) is 3.77. The van der Waals surface area contributed by atoms with E-state index in [9.17, 15) is 4.79 Å². The fourth-order valence-corrected chi connectivity index (χ4v) is 2.92. The number of aliphatic imine (C=N–C) groups is 1. The van der Waals surface area contributed by atoms with Crippen molar-refractivity contribution in [2.24, 2.45) is 4.99 Å². The number of ketones is 1. The number of carbonyl (C=O) groups excluding carboxylic acids is 1. The van der Waals surface area contributed by atoms with E-state index in [1.54, 1.807) is 0 Å². The van der Waals surface area contributed by atoms with Crippen LogP contribution in [0.3, 0.4) is 0 Å². The highest BCUT2D eigenvalue weighted by Crippen LogP contribution is 2.35. The summed E-state index contributed by atoms with van der Waals surface area (Å²) in [6.07, 6.45) is 0. The van der Waals surface area contributed by atoms with Crippen LogP contribution in [0.5, 0.6) is 0 Å². The minimum Gasteiger partial charge on any atom is -0.289 e. The molecule has 3 rings (SSSR count). The highest BCUT2D eigenvalue weighted by atomic mass is 16.1. The minimum absolute atomic E-state index is 0.0499. The van der Waals surface area contributed by atoms with E-state index in [-0.39, 0.29) is 11.3 Å². The topological polar surface area (TPSA) is 29.4 Å². The molecule has 0 saturated carbocycles. The van der Waals surface area contributed by atoms with Crippen molar-refractivity contribution >= 4 is 11.5 Å². The average Bonchev–Trinajstić information content (AvgIpc) is 2.78. The number of rotatable bonds is 3. The molecule has 0 amide bonds. The van der Waals surface area contributed by atoms with E-state index in [1.807, 2.05) is 49.4 Å². The third kappa shape index (κ3) is 2.77. The van der Waals surface area contributed by atoms with E-state index < -0.39 is 0 Å². The molecule has 1 aliphatic rings. The predicted octanol–water partition coefficient (Wildman–Crippen LogP) is 4.78. The first kappa shape index (κ1) is 15.4. The second kappa shape index (κ2) is 5.62. The summed E-state index contributed by atoms with van der Waals surface area (Å²) in [7, 11) is 0. The second-order valence-electron chi connectivity index (χ2n) is 6.58. The van der Waals surface area contributed by atoms with Gasteiger partial charge in [0.2, 0.25) is 0 Å². The van der Waals surface area contributed by atoms with E-state index in [0.717, 1.165) is 22.4 Å². The molecule has 0 aromatic heterocycles. The summed E-state index contributed by atoms with van der Waals surface area (Å²) in [5, 5.41) is 0. The fourth-order valence-electron chi connectivity index (χ4n) is 2.92. The smallest absolute Gasteiger partial charge is 0.195 e. The van der Waals surface area contributed by atoms with Crippen LogP contribution in [-0.4, -0.2) is 17.0 Å². The van der Waals surface area contributed by atoms with Crippen LogP contribution in [0.15, 0.2) is 70.7 Å². The summed E-state index contributed by atoms with van der Waals surface area (Å²) in [6.45, 7) is 8.19. The van der Waals surface area contributed by atoms with E-state index in [4.69, 9.17) is 4.99 Å². The molecule has 0 N–H and O–H groups in total. The van der Waals surface area contributed by atoms with Gasteiger partial charge in [-0.15, -0.1) is 0 Å². The molecular weight excluding hydrogens is 282 g/mol. The first-order valence-electron chi connectivity index (χ1n) is 7.88. The largest absolute Gasteiger partial charge is 0.289 e. The van der Waals surface area contributed by atoms with Gasteiger partial charge < -0.3 is 0 Å². The Hall–Kier alpha value is -2.48. The SMILES string of the molecule is CC1=C(C(=O)c2ccccc2)C(c2cccc(C)c2)=NC1(C)C. The Morgan fingerprint density at radius 2 is 1.65 bits per heavy atom. The molecule has 0 unspecified atom stereocenters. The van der Waals surface area contributed by atoms with Crippen molar-refractivity contribution in [1.29, 1.82) is 0 Å². The van der Waals surface area contributed by atoms with Gasteiger partial charge in [-0.3, -0.25) is 9.79 Å². The summed E-state index contributed by atoms with van der Waals surface area (Å²) >= 11 is 0. The Morgan fingerprint density at radius 1 is 0.957 bits per heavy atom. The van der Waals surface area contributed by atoms with Crippen molar-refractivity contribution in [2.75, 3.05) is 0 Å². The zero-order chi connectivity index (χ0) is 16.6. The Bertz CT molecular complexity index is 826. The lowest BCUT2D eigenvalue weighted by molar-refractivity contribution is 0.103. The molecule has 0 aliphatic carbocycles. The van der Waals surface area contributed by atoms with Gasteiger partial charge in [0.05, 0.1) is 11.3 Å². The van der Waals surface area contributed by atoms with E-state index >= 15 is 0 Å². The van der Waals surface area contributed by atoms with Gasteiger partial charge in [-0.25, -0.2) is 0 Å². The molecule has 0 fully saturated rings. The number of nitrogens with zero attached hydrogens (tertiary/aromatic N) is 1. The number of hydrogen-bond acceptors (Lipinski definition) is 2. The summed E-state index contributed by atoms with van der Waals surface area (Å²) < 4.78 is 0. The molecule has 1 aliphatic heterocycles. The lowest BCUT2D eigenvalue weighted by Crippen LogP contribution is -2.16. The maximum atomic E-state index is 13.1. The first-order chi connectivity index (χ1) is 10.9. The lowest BCUT2D eigenvalue weighted by Gasteiger charge is -2.16. The number of allylic oxidation sites excluding steroid dienone is 1. The summed E-state index contributed by atoms with van der Waals surface area (Å²) in [5.41, 5.74) is 5.12. The maximum absolute atomic E-state index is 13.1. The number of hydrogen-bond donors (Lipinski definition) is 0. The first-order valence-corrected chi connectivity index (χ1v) is 7.88. The number of carbonyl (C=O) groups is 1. The zero-order valence-corrected chi connectivity index (χ0v) is 14.1. The van der Waals surface area contributed by atoms with Gasteiger partial charge in [-0.05, 0) is 39.3 Å². The van der Waals surface area contributed by atoms with Gasteiger partial charge in [0.1, 0.15) is 0 Å². The van der Waals surface area contributed by atoms with Crippen LogP contribution in [0.25, 0.3) is 0 Å². The fraction of sp³-hybridized carbons (Fsp3) is 0.238. The highest BCUT2D eigenvalue weighted by molar-refractivity contribution is 6.34. The van der Waals surface area contributed by atoms with Gasteiger partial charge in [-0.2, -0.15) is 0 Å². The van der Waals surface area contributed by atoms with Gasteiger partial charge in [0.25, 0.3) is 0 Å². The molecule has 1 heterocycles.